The smallest absolute Gasteiger partial charge is 0.289 e. The van der Waals surface area contributed by atoms with E-state index in [9.17, 15) is 4.79 Å². The second-order valence-electron chi connectivity index (χ2n) is 9.04. The van der Waals surface area contributed by atoms with E-state index in [4.69, 9.17) is 13.9 Å². The van der Waals surface area contributed by atoms with Crippen molar-refractivity contribution >= 4 is 16.9 Å². The summed E-state index contributed by atoms with van der Waals surface area (Å²) in [6.45, 7) is 4.71. The molecule has 3 fully saturated rings. The fraction of sp³-hybridized carbons (Fsp3) is 0.625. The second-order valence-corrected chi connectivity index (χ2v) is 9.04. The van der Waals surface area contributed by atoms with Gasteiger partial charge in [-0.15, -0.1) is 0 Å². The van der Waals surface area contributed by atoms with Gasteiger partial charge in [-0.3, -0.25) is 9.69 Å². The molecule has 1 aromatic carbocycles. The van der Waals surface area contributed by atoms with Gasteiger partial charge in [0.25, 0.3) is 5.91 Å². The molecule has 0 N–H and O–H groups in total. The molecule has 1 aromatic heterocycles. The molecule has 5 rings (SSSR count). The highest BCUT2D eigenvalue weighted by Gasteiger charge is 2.43. The van der Waals surface area contributed by atoms with Gasteiger partial charge in [-0.2, -0.15) is 0 Å². The Morgan fingerprint density at radius 2 is 2.03 bits per heavy atom. The van der Waals surface area contributed by atoms with Crippen LogP contribution in [0.15, 0.2) is 28.7 Å². The molecule has 162 valence electrons. The van der Waals surface area contributed by atoms with E-state index >= 15 is 0 Å². The van der Waals surface area contributed by atoms with Crippen LogP contribution >= 0.6 is 0 Å². The lowest BCUT2D eigenvalue weighted by Gasteiger charge is -2.39. The molecule has 0 bridgehead atoms. The summed E-state index contributed by atoms with van der Waals surface area (Å²) in [5.41, 5.74) is 0.881. The van der Waals surface area contributed by atoms with E-state index in [1.165, 1.54) is 25.7 Å². The Balaban J connectivity index is 1.30. The fourth-order valence-corrected chi connectivity index (χ4v) is 5.72. The number of hydrogen-bond acceptors (Lipinski definition) is 5. The first-order chi connectivity index (χ1) is 14.7. The first-order valence-electron chi connectivity index (χ1n) is 11.4. The van der Waals surface area contributed by atoms with Crippen LogP contribution in [0.4, 0.5) is 0 Å². The van der Waals surface area contributed by atoms with Gasteiger partial charge in [-0.25, -0.2) is 0 Å². The molecule has 30 heavy (non-hydrogen) atoms. The zero-order chi connectivity index (χ0) is 20.6. The summed E-state index contributed by atoms with van der Waals surface area (Å²) in [5, 5.41) is 0.905. The minimum Gasteiger partial charge on any atom is -0.493 e. The number of rotatable bonds is 4. The van der Waals surface area contributed by atoms with Gasteiger partial charge in [0, 0.05) is 37.2 Å². The molecule has 1 amide bonds. The number of hydrogen-bond donors (Lipinski definition) is 0. The molecule has 6 nitrogen and oxygen atoms in total. The Hall–Kier alpha value is -2.05. The predicted molar refractivity (Wildman–Crippen MR) is 115 cm³/mol. The molecule has 3 saturated heterocycles. The molecule has 2 unspecified atom stereocenters. The predicted octanol–water partition coefficient (Wildman–Crippen LogP) is 4.08. The van der Waals surface area contributed by atoms with Crippen molar-refractivity contribution in [1.29, 1.82) is 0 Å². The van der Waals surface area contributed by atoms with Crippen molar-refractivity contribution in [2.75, 3.05) is 39.9 Å². The van der Waals surface area contributed by atoms with Gasteiger partial charge in [0.05, 0.1) is 13.2 Å². The third-order valence-corrected chi connectivity index (χ3v) is 7.33. The molecule has 6 heteroatoms. The van der Waals surface area contributed by atoms with Crippen LogP contribution in [0.3, 0.4) is 0 Å². The third-order valence-electron chi connectivity index (χ3n) is 7.33. The van der Waals surface area contributed by atoms with Gasteiger partial charge in [-0.1, -0.05) is 12.1 Å². The van der Waals surface area contributed by atoms with Crippen molar-refractivity contribution in [3.63, 3.8) is 0 Å². The maximum atomic E-state index is 13.2. The number of furan rings is 1. The number of methoxy groups -OCH3 is 1. The zero-order valence-electron chi connectivity index (χ0n) is 17.9. The van der Waals surface area contributed by atoms with Gasteiger partial charge < -0.3 is 18.8 Å². The van der Waals surface area contributed by atoms with Crippen molar-refractivity contribution in [1.82, 2.24) is 9.80 Å². The van der Waals surface area contributed by atoms with Crippen molar-refractivity contribution in [2.45, 2.75) is 56.6 Å². The van der Waals surface area contributed by atoms with E-state index in [1.54, 1.807) is 7.11 Å². The van der Waals surface area contributed by atoms with E-state index in [-0.39, 0.29) is 11.4 Å². The van der Waals surface area contributed by atoms with E-state index in [0.29, 0.717) is 23.2 Å². The monoisotopic (exact) mass is 412 g/mol. The van der Waals surface area contributed by atoms with Crippen molar-refractivity contribution < 1.29 is 18.7 Å². The highest BCUT2D eigenvalue weighted by atomic mass is 16.5. The number of amides is 1. The van der Waals surface area contributed by atoms with Gasteiger partial charge in [0.15, 0.2) is 17.1 Å². The quantitative estimate of drug-likeness (QED) is 0.757. The summed E-state index contributed by atoms with van der Waals surface area (Å²) in [7, 11) is 1.62. The summed E-state index contributed by atoms with van der Waals surface area (Å²) >= 11 is 0. The molecular formula is C24H32N2O4. The summed E-state index contributed by atoms with van der Waals surface area (Å²) in [6, 6.07) is 7.58. The topological polar surface area (TPSA) is 55.2 Å². The molecule has 2 atom stereocenters. The number of nitrogens with zero attached hydrogens (tertiary/aromatic N) is 2. The maximum Gasteiger partial charge on any atom is 0.289 e. The first-order valence-corrected chi connectivity index (χ1v) is 11.4. The number of likely N-dealkylation sites (tertiary alicyclic amines) is 2. The number of carbonyl (C=O) groups is 1. The van der Waals surface area contributed by atoms with Crippen LogP contribution in [0.2, 0.25) is 0 Å². The SMILES string of the molecule is COc1cccc2cc(C(=O)N3CCCC4(CCCN4CC4CCCO4)CC3)oc12. The Labute approximate surface area is 178 Å². The summed E-state index contributed by atoms with van der Waals surface area (Å²) in [4.78, 5) is 17.9. The van der Waals surface area contributed by atoms with E-state index < -0.39 is 0 Å². The van der Waals surface area contributed by atoms with Crippen LogP contribution in [0, 0.1) is 0 Å². The van der Waals surface area contributed by atoms with E-state index in [0.717, 1.165) is 57.4 Å². The molecule has 0 aliphatic carbocycles. The fourth-order valence-electron chi connectivity index (χ4n) is 5.72. The van der Waals surface area contributed by atoms with Gasteiger partial charge in [0.1, 0.15) is 0 Å². The van der Waals surface area contributed by atoms with Crippen LogP contribution in [0.25, 0.3) is 11.0 Å². The number of benzene rings is 1. The Kier molecular flexibility index (Phi) is 5.46. The summed E-state index contributed by atoms with van der Waals surface area (Å²) < 4.78 is 17.2. The lowest BCUT2D eigenvalue weighted by atomic mass is 9.87. The second kappa shape index (κ2) is 8.23. The standard InChI is InChI=1S/C24H32N2O4/c1-28-20-8-2-6-18-16-21(30-22(18)20)23(27)25-12-4-9-24(11-14-25)10-5-13-26(24)17-19-7-3-15-29-19/h2,6,8,16,19H,3-5,7,9-15,17H2,1H3. The summed E-state index contributed by atoms with van der Waals surface area (Å²) in [6.07, 6.45) is 8.51. The molecular weight excluding hydrogens is 380 g/mol. The first kappa shape index (κ1) is 19.9. The minimum atomic E-state index is -0.00558. The summed E-state index contributed by atoms with van der Waals surface area (Å²) in [5.74, 6) is 1.07. The van der Waals surface area contributed by atoms with Crippen LogP contribution in [-0.2, 0) is 4.74 Å². The Morgan fingerprint density at radius 3 is 2.83 bits per heavy atom. The highest BCUT2D eigenvalue weighted by molar-refractivity contribution is 5.97. The minimum absolute atomic E-state index is 0.00558. The van der Waals surface area contributed by atoms with Gasteiger partial charge >= 0.3 is 0 Å². The van der Waals surface area contributed by atoms with Crippen LogP contribution < -0.4 is 4.74 Å². The van der Waals surface area contributed by atoms with Crippen molar-refractivity contribution in [3.05, 3.63) is 30.0 Å². The largest absolute Gasteiger partial charge is 0.493 e. The average Bonchev–Trinajstić information content (AvgIpc) is 3.47. The average molecular weight is 413 g/mol. The van der Waals surface area contributed by atoms with Gasteiger partial charge in [-0.05, 0) is 63.6 Å². The molecule has 4 heterocycles. The van der Waals surface area contributed by atoms with E-state index in [1.807, 2.05) is 29.2 Å². The van der Waals surface area contributed by atoms with Crippen LogP contribution in [0.1, 0.15) is 55.5 Å². The molecule has 0 saturated carbocycles. The third kappa shape index (κ3) is 3.60. The van der Waals surface area contributed by atoms with Gasteiger partial charge in [0.2, 0.25) is 0 Å². The normalized spacial score (nSPS) is 27.8. The maximum absolute atomic E-state index is 13.2. The molecule has 3 aliphatic rings. The lowest BCUT2D eigenvalue weighted by molar-refractivity contribution is 0.0339. The molecule has 2 aromatic rings. The van der Waals surface area contributed by atoms with E-state index in [2.05, 4.69) is 4.90 Å². The zero-order valence-corrected chi connectivity index (χ0v) is 17.9. The molecule has 0 radical (unpaired) electrons. The number of fused-ring (bicyclic) bond motifs is 1. The number of ether oxygens (including phenoxy) is 2. The lowest BCUT2D eigenvalue weighted by Crippen LogP contribution is -2.47. The van der Waals surface area contributed by atoms with Crippen molar-refractivity contribution in [2.24, 2.45) is 0 Å². The Morgan fingerprint density at radius 1 is 1.17 bits per heavy atom. The number of para-hydroxylation sites is 1. The van der Waals surface area contributed by atoms with Crippen molar-refractivity contribution in [3.8, 4) is 5.75 Å². The molecule has 3 aliphatic heterocycles. The Bertz CT molecular complexity index is 904. The number of carbonyl (C=O) groups excluding carboxylic acids is 1. The van der Waals surface area contributed by atoms with Crippen LogP contribution in [0.5, 0.6) is 5.75 Å². The highest BCUT2D eigenvalue weighted by Crippen LogP contribution is 2.39. The van der Waals surface area contributed by atoms with Crippen LogP contribution in [-0.4, -0.2) is 67.2 Å². The molecule has 1 spiro atoms.